The van der Waals surface area contributed by atoms with Crippen LogP contribution in [0.3, 0.4) is 0 Å². The van der Waals surface area contributed by atoms with Gasteiger partial charge in [-0.2, -0.15) is 4.98 Å². The summed E-state index contributed by atoms with van der Waals surface area (Å²) in [5.74, 6) is 0.705. The van der Waals surface area contributed by atoms with Crippen molar-refractivity contribution in [1.82, 2.24) is 9.88 Å². The number of methoxy groups -OCH3 is 3. The highest BCUT2D eigenvalue weighted by Gasteiger charge is 2.29. The fourth-order valence-electron chi connectivity index (χ4n) is 2.83. The van der Waals surface area contributed by atoms with Crippen molar-refractivity contribution in [2.45, 2.75) is 31.7 Å². The van der Waals surface area contributed by atoms with E-state index in [-0.39, 0.29) is 11.9 Å². The summed E-state index contributed by atoms with van der Waals surface area (Å²) in [6, 6.07) is 3.62. The standard InChI is InChI=1S/C16H24N2O4/c1-20-11-9-12-6-4-5-10-18(12)16(19)13-7-8-14(21-2)17-15(13)22-3/h7-8,12H,4-6,9-11H2,1-3H3/t12-/m1/s1. The number of ether oxygens (including phenoxy) is 3. The number of likely N-dealkylation sites (tertiary alicyclic amines) is 1. The Labute approximate surface area is 131 Å². The van der Waals surface area contributed by atoms with Gasteiger partial charge < -0.3 is 19.1 Å². The van der Waals surface area contributed by atoms with Crippen LogP contribution in [0.1, 0.15) is 36.0 Å². The SMILES string of the molecule is COCC[C@H]1CCCCN1C(=O)c1ccc(OC)nc1OC. The summed E-state index contributed by atoms with van der Waals surface area (Å²) in [5.41, 5.74) is 0.479. The Hall–Kier alpha value is -1.82. The Balaban J connectivity index is 2.21. The van der Waals surface area contributed by atoms with Gasteiger partial charge in [-0.3, -0.25) is 4.79 Å². The van der Waals surface area contributed by atoms with Gasteiger partial charge in [-0.05, 0) is 31.7 Å². The van der Waals surface area contributed by atoms with Gasteiger partial charge in [-0.25, -0.2) is 0 Å². The van der Waals surface area contributed by atoms with E-state index >= 15 is 0 Å². The van der Waals surface area contributed by atoms with Gasteiger partial charge in [-0.15, -0.1) is 0 Å². The largest absolute Gasteiger partial charge is 0.481 e. The second-order valence-electron chi connectivity index (χ2n) is 5.34. The average molecular weight is 308 g/mol. The molecule has 0 spiro atoms. The molecule has 1 aliphatic rings. The molecular formula is C16H24N2O4. The first-order chi connectivity index (χ1) is 10.7. The zero-order valence-corrected chi connectivity index (χ0v) is 13.5. The van der Waals surface area contributed by atoms with Crippen molar-refractivity contribution in [3.05, 3.63) is 17.7 Å². The molecule has 0 saturated carbocycles. The molecule has 22 heavy (non-hydrogen) atoms. The van der Waals surface area contributed by atoms with Crippen LogP contribution in [0.2, 0.25) is 0 Å². The zero-order valence-electron chi connectivity index (χ0n) is 13.5. The molecule has 1 fully saturated rings. The van der Waals surface area contributed by atoms with Crippen LogP contribution in [-0.2, 0) is 4.74 Å². The lowest BCUT2D eigenvalue weighted by Crippen LogP contribution is -2.44. The lowest BCUT2D eigenvalue weighted by atomic mass is 9.98. The van der Waals surface area contributed by atoms with Crippen molar-refractivity contribution in [2.24, 2.45) is 0 Å². The molecule has 0 bridgehead atoms. The number of rotatable bonds is 6. The zero-order chi connectivity index (χ0) is 15.9. The van der Waals surface area contributed by atoms with Gasteiger partial charge in [0, 0.05) is 32.4 Å². The first kappa shape index (κ1) is 16.5. The van der Waals surface area contributed by atoms with Crippen LogP contribution in [0.15, 0.2) is 12.1 Å². The third-order valence-electron chi connectivity index (χ3n) is 4.01. The molecule has 0 radical (unpaired) electrons. The highest BCUT2D eigenvalue weighted by molar-refractivity contribution is 5.96. The first-order valence-corrected chi connectivity index (χ1v) is 7.60. The number of carbonyl (C=O) groups is 1. The molecule has 0 unspecified atom stereocenters. The fraction of sp³-hybridized carbons (Fsp3) is 0.625. The van der Waals surface area contributed by atoms with Crippen molar-refractivity contribution < 1.29 is 19.0 Å². The van der Waals surface area contributed by atoms with Gasteiger partial charge >= 0.3 is 0 Å². The van der Waals surface area contributed by atoms with Crippen LogP contribution < -0.4 is 9.47 Å². The lowest BCUT2D eigenvalue weighted by Gasteiger charge is -2.36. The van der Waals surface area contributed by atoms with E-state index < -0.39 is 0 Å². The number of nitrogens with zero attached hydrogens (tertiary/aromatic N) is 2. The normalized spacial score (nSPS) is 18.1. The van der Waals surface area contributed by atoms with E-state index in [4.69, 9.17) is 14.2 Å². The summed E-state index contributed by atoms with van der Waals surface area (Å²) in [5, 5.41) is 0. The van der Waals surface area contributed by atoms with E-state index in [9.17, 15) is 4.79 Å². The Bertz CT molecular complexity index is 507. The Morgan fingerprint density at radius 3 is 2.77 bits per heavy atom. The van der Waals surface area contributed by atoms with E-state index in [0.717, 1.165) is 32.2 Å². The van der Waals surface area contributed by atoms with E-state index in [1.165, 1.54) is 14.2 Å². The van der Waals surface area contributed by atoms with Gasteiger partial charge in [0.05, 0.1) is 14.2 Å². The molecule has 1 saturated heterocycles. The average Bonchev–Trinajstić information content (AvgIpc) is 2.58. The molecule has 0 aromatic carbocycles. The minimum Gasteiger partial charge on any atom is -0.481 e. The highest BCUT2D eigenvalue weighted by atomic mass is 16.5. The molecule has 1 atom stereocenters. The number of pyridine rings is 1. The Kier molecular flexibility index (Phi) is 6.00. The summed E-state index contributed by atoms with van der Waals surface area (Å²) < 4.78 is 15.5. The van der Waals surface area contributed by atoms with Gasteiger partial charge in [0.25, 0.3) is 5.91 Å². The molecule has 6 nitrogen and oxygen atoms in total. The fourth-order valence-corrected chi connectivity index (χ4v) is 2.83. The molecule has 2 rings (SSSR count). The van der Waals surface area contributed by atoms with Crippen molar-refractivity contribution in [1.29, 1.82) is 0 Å². The summed E-state index contributed by atoms with van der Waals surface area (Å²) in [6.07, 6.45) is 4.05. The maximum Gasteiger partial charge on any atom is 0.259 e. The van der Waals surface area contributed by atoms with E-state index in [1.807, 2.05) is 4.90 Å². The molecule has 0 N–H and O–H groups in total. The third-order valence-corrected chi connectivity index (χ3v) is 4.01. The molecule has 2 heterocycles. The monoisotopic (exact) mass is 308 g/mol. The predicted molar refractivity (Wildman–Crippen MR) is 82.5 cm³/mol. The number of hydrogen-bond acceptors (Lipinski definition) is 5. The smallest absolute Gasteiger partial charge is 0.259 e. The quantitative estimate of drug-likeness (QED) is 0.805. The van der Waals surface area contributed by atoms with E-state index in [0.29, 0.717) is 23.9 Å². The first-order valence-electron chi connectivity index (χ1n) is 7.60. The molecule has 1 amide bonds. The molecule has 1 aromatic heterocycles. The van der Waals surface area contributed by atoms with Crippen LogP contribution >= 0.6 is 0 Å². The molecule has 1 aromatic rings. The number of piperidine rings is 1. The maximum atomic E-state index is 12.9. The van der Waals surface area contributed by atoms with Crippen molar-refractivity contribution in [3.8, 4) is 11.8 Å². The molecule has 1 aliphatic heterocycles. The number of aromatic nitrogens is 1. The second kappa shape index (κ2) is 7.98. The van der Waals surface area contributed by atoms with Gasteiger partial charge in [-0.1, -0.05) is 0 Å². The Morgan fingerprint density at radius 2 is 2.09 bits per heavy atom. The molecule has 6 heteroatoms. The van der Waals surface area contributed by atoms with E-state index in [2.05, 4.69) is 4.98 Å². The predicted octanol–water partition coefficient (Wildman–Crippen LogP) is 2.13. The summed E-state index contributed by atoms with van der Waals surface area (Å²) in [6.45, 7) is 1.43. The van der Waals surface area contributed by atoms with Crippen molar-refractivity contribution in [2.75, 3.05) is 34.5 Å². The van der Waals surface area contributed by atoms with Crippen LogP contribution in [0, 0.1) is 0 Å². The molecule has 122 valence electrons. The van der Waals surface area contributed by atoms with Crippen LogP contribution in [-0.4, -0.2) is 56.3 Å². The van der Waals surface area contributed by atoms with Gasteiger partial charge in [0.2, 0.25) is 11.8 Å². The molecule has 0 aliphatic carbocycles. The van der Waals surface area contributed by atoms with Gasteiger partial charge in [0.15, 0.2) is 0 Å². The van der Waals surface area contributed by atoms with Crippen LogP contribution in [0.4, 0.5) is 0 Å². The second-order valence-corrected chi connectivity index (χ2v) is 5.34. The van der Waals surface area contributed by atoms with E-state index in [1.54, 1.807) is 19.2 Å². The minimum absolute atomic E-state index is 0.0344. The summed E-state index contributed by atoms with van der Waals surface area (Å²) >= 11 is 0. The lowest BCUT2D eigenvalue weighted by molar-refractivity contribution is 0.0549. The highest BCUT2D eigenvalue weighted by Crippen LogP contribution is 2.26. The maximum absolute atomic E-state index is 12.9. The third kappa shape index (κ3) is 3.68. The summed E-state index contributed by atoms with van der Waals surface area (Å²) in [7, 11) is 4.73. The van der Waals surface area contributed by atoms with Crippen LogP contribution in [0.25, 0.3) is 0 Å². The van der Waals surface area contributed by atoms with Crippen LogP contribution in [0.5, 0.6) is 11.8 Å². The topological polar surface area (TPSA) is 60.9 Å². The van der Waals surface area contributed by atoms with Crippen molar-refractivity contribution >= 4 is 5.91 Å². The molecular weight excluding hydrogens is 284 g/mol. The number of hydrogen-bond donors (Lipinski definition) is 0. The Morgan fingerprint density at radius 1 is 1.27 bits per heavy atom. The summed E-state index contributed by atoms with van der Waals surface area (Å²) in [4.78, 5) is 19.0. The minimum atomic E-state index is -0.0344. The van der Waals surface area contributed by atoms with Gasteiger partial charge in [0.1, 0.15) is 5.56 Å². The van der Waals surface area contributed by atoms with Crippen molar-refractivity contribution in [3.63, 3.8) is 0 Å². The number of carbonyl (C=O) groups excluding carboxylic acids is 1. The number of amides is 1.